The molecule has 5 nitrogen and oxygen atoms in total. The van der Waals surface area contributed by atoms with Gasteiger partial charge in [0.1, 0.15) is 0 Å². The maximum absolute atomic E-state index is 12.2. The monoisotopic (exact) mass is 307 g/mol. The Hall–Kier alpha value is -3.08. The smallest absolute Gasteiger partial charge is 0.340 e. The van der Waals surface area contributed by atoms with Gasteiger partial charge in [0.05, 0.1) is 18.2 Å². The first-order valence-electron chi connectivity index (χ1n) is 7.14. The van der Waals surface area contributed by atoms with Crippen molar-refractivity contribution in [1.29, 1.82) is 0 Å². The maximum Gasteiger partial charge on any atom is 0.340 e. The molecule has 0 radical (unpaired) electrons. The number of hydrogen-bond acceptors (Lipinski definition) is 5. The van der Waals surface area contributed by atoms with E-state index in [0.717, 1.165) is 22.0 Å². The normalized spacial score (nSPS) is 12.4. The minimum absolute atomic E-state index is 0.191. The predicted molar refractivity (Wildman–Crippen MR) is 84.6 cm³/mol. The van der Waals surface area contributed by atoms with Crippen LogP contribution in [0.15, 0.2) is 48.7 Å². The standard InChI is InChI=1S/C18H13NO4/c1-21-18(20)13-9-19-14-8-16-15(22-10-23-16)7-12(14)17(13)11-5-3-2-4-6-11/h2-9H,10H2,1H3. The van der Waals surface area contributed by atoms with Crippen molar-refractivity contribution in [3.05, 3.63) is 54.2 Å². The third-order valence-electron chi connectivity index (χ3n) is 3.83. The summed E-state index contributed by atoms with van der Waals surface area (Å²) in [7, 11) is 1.36. The van der Waals surface area contributed by atoms with E-state index in [1.54, 1.807) is 6.20 Å². The van der Waals surface area contributed by atoms with Gasteiger partial charge in [-0.25, -0.2) is 4.79 Å². The number of hydrogen-bond donors (Lipinski definition) is 0. The maximum atomic E-state index is 12.2. The summed E-state index contributed by atoms with van der Waals surface area (Å²) in [6, 6.07) is 13.4. The molecule has 5 heteroatoms. The van der Waals surface area contributed by atoms with Gasteiger partial charge in [-0.05, 0) is 11.6 Å². The minimum Gasteiger partial charge on any atom is -0.465 e. The fourth-order valence-corrected chi connectivity index (χ4v) is 2.76. The SMILES string of the molecule is COC(=O)c1cnc2cc3c(cc2c1-c1ccccc1)OCO3. The lowest BCUT2D eigenvalue weighted by molar-refractivity contribution is 0.0601. The van der Waals surface area contributed by atoms with Gasteiger partial charge in [-0.3, -0.25) is 4.98 Å². The highest BCUT2D eigenvalue weighted by molar-refractivity contribution is 6.07. The zero-order valence-corrected chi connectivity index (χ0v) is 12.4. The van der Waals surface area contributed by atoms with E-state index in [1.165, 1.54) is 7.11 Å². The van der Waals surface area contributed by atoms with Crippen molar-refractivity contribution in [3.8, 4) is 22.6 Å². The van der Waals surface area contributed by atoms with Crippen LogP contribution in [0.1, 0.15) is 10.4 Å². The first-order valence-corrected chi connectivity index (χ1v) is 7.14. The predicted octanol–water partition coefficient (Wildman–Crippen LogP) is 3.42. The van der Waals surface area contributed by atoms with Crippen LogP contribution in [0.5, 0.6) is 11.5 Å². The average Bonchev–Trinajstić information content (AvgIpc) is 3.06. The Morgan fingerprint density at radius 3 is 2.61 bits per heavy atom. The van der Waals surface area contributed by atoms with E-state index in [-0.39, 0.29) is 6.79 Å². The second kappa shape index (κ2) is 5.28. The molecule has 1 aliphatic rings. The number of benzene rings is 2. The van der Waals surface area contributed by atoms with E-state index in [2.05, 4.69) is 4.98 Å². The molecule has 0 saturated heterocycles. The Kier molecular flexibility index (Phi) is 3.12. The van der Waals surface area contributed by atoms with Crippen molar-refractivity contribution in [3.63, 3.8) is 0 Å². The molecule has 0 spiro atoms. The van der Waals surface area contributed by atoms with Gasteiger partial charge >= 0.3 is 5.97 Å². The summed E-state index contributed by atoms with van der Waals surface area (Å²) in [6.45, 7) is 0.191. The van der Waals surface area contributed by atoms with Crippen LogP contribution in [0.4, 0.5) is 0 Å². The van der Waals surface area contributed by atoms with E-state index in [0.29, 0.717) is 17.1 Å². The Labute approximate surface area is 132 Å². The first-order chi connectivity index (χ1) is 11.3. The summed E-state index contributed by atoms with van der Waals surface area (Å²) >= 11 is 0. The van der Waals surface area contributed by atoms with Crippen LogP contribution in [0.3, 0.4) is 0 Å². The Balaban J connectivity index is 2.07. The molecule has 0 saturated carbocycles. The third-order valence-corrected chi connectivity index (χ3v) is 3.83. The van der Waals surface area contributed by atoms with E-state index in [9.17, 15) is 4.79 Å². The number of carbonyl (C=O) groups is 1. The molecule has 4 rings (SSSR count). The number of rotatable bonds is 2. The minimum atomic E-state index is -0.420. The van der Waals surface area contributed by atoms with Crippen LogP contribution in [-0.4, -0.2) is 24.9 Å². The summed E-state index contributed by atoms with van der Waals surface area (Å²) in [4.78, 5) is 16.5. The summed E-state index contributed by atoms with van der Waals surface area (Å²) in [5.41, 5.74) is 2.85. The zero-order valence-electron chi connectivity index (χ0n) is 12.4. The molecule has 0 aliphatic carbocycles. The van der Waals surface area contributed by atoms with E-state index in [1.807, 2.05) is 42.5 Å². The first kappa shape index (κ1) is 13.6. The Morgan fingerprint density at radius 2 is 1.87 bits per heavy atom. The summed E-state index contributed by atoms with van der Waals surface area (Å²) < 4.78 is 15.8. The zero-order chi connectivity index (χ0) is 15.8. The van der Waals surface area contributed by atoms with Crippen LogP contribution >= 0.6 is 0 Å². The fourth-order valence-electron chi connectivity index (χ4n) is 2.76. The van der Waals surface area contributed by atoms with Gasteiger partial charge in [0.15, 0.2) is 11.5 Å². The number of ether oxygens (including phenoxy) is 3. The molecular formula is C18H13NO4. The molecule has 114 valence electrons. The number of pyridine rings is 1. The number of aromatic nitrogens is 1. The average molecular weight is 307 g/mol. The lowest BCUT2D eigenvalue weighted by Gasteiger charge is -2.12. The summed E-state index contributed by atoms with van der Waals surface area (Å²) in [5.74, 6) is 0.893. The van der Waals surface area contributed by atoms with Gasteiger partial charge < -0.3 is 14.2 Å². The molecule has 0 amide bonds. The van der Waals surface area contributed by atoms with Crippen molar-refractivity contribution < 1.29 is 19.0 Å². The van der Waals surface area contributed by atoms with Crippen LogP contribution in [0.2, 0.25) is 0 Å². The lowest BCUT2D eigenvalue weighted by Crippen LogP contribution is -2.05. The highest BCUT2D eigenvalue weighted by Crippen LogP contribution is 2.40. The molecule has 3 aromatic rings. The summed E-state index contributed by atoms with van der Waals surface area (Å²) in [5, 5.41) is 0.823. The third kappa shape index (κ3) is 2.17. The Bertz CT molecular complexity index is 906. The van der Waals surface area contributed by atoms with Crippen molar-refractivity contribution in [2.75, 3.05) is 13.9 Å². The largest absolute Gasteiger partial charge is 0.465 e. The second-order valence-electron chi connectivity index (χ2n) is 5.13. The molecule has 0 fully saturated rings. The molecule has 0 atom stereocenters. The molecule has 1 aliphatic heterocycles. The lowest BCUT2D eigenvalue weighted by atomic mass is 9.96. The number of carbonyl (C=O) groups excluding carboxylic acids is 1. The molecule has 1 aromatic heterocycles. The quantitative estimate of drug-likeness (QED) is 0.679. The van der Waals surface area contributed by atoms with Gasteiger partial charge in [0, 0.05) is 23.2 Å². The number of nitrogens with zero attached hydrogens (tertiary/aromatic N) is 1. The van der Waals surface area contributed by atoms with Crippen LogP contribution in [-0.2, 0) is 4.74 Å². The van der Waals surface area contributed by atoms with Crippen molar-refractivity contribution in [2.24, 2.45) is 0 Å². The van der Waals surface area contributed by atoms with Crippen LogP contribution in [0.25, 0.3) is 22.0 Å². The van der Waals surface area contributed by atoms with Gasteiger partial charge in [-0.15, -0.1) is 0 Å². The van der Waals surface area contributed by atoms with Crippen molar-refractivity contribution in [2.45, 2.75) is 0 Å². The molecule has 0 unspecified atom stereocenters. The topological polar surface area (TPSA) is 57.7 Å². The van der Waals surface area contributed by atoms with E-state index < -0.39 is 5.97 Å². The molecule has 0 bridgehead atoms. The number of esters is 1. The number of fused-ring (bicyclic) bond motifs is 2. The van der Waals surface area contributed by atoms with Gasteiger partial charge in [0.2, 0.25) is 6.79 Å². The van der Waals surface area contributed by atoms with Gasteiger partial charge in [0.25, 0.3) is 0 Å². The highest BCUT2D eigenvalue weighted by atomic mass is 16.7. The van der Waals surface area contributed by atoms with Gasteiger partial charge in [-0.2, -0.15) is 0 Å². The summed E-state index contributed by atoms with van der Waals surface area (Å²) in [6.07, 6.45) is 1.54. The van der Waals surface area contributed by atoms with Crippen LogP contribution < -0.4 is 9.47 Å². The van der Waals surface area contributed by atoms with Gasteiger partial charge in [-0.1, -0.05) is 30.3 Å². The second-order valence-corrected chi connectivity index (χ2v) is 5.13. The Morgan fingerprint density at radius 1 is 1.13 bits per heavy atom. The number of methoxy groups -OCH3 is 1. The molecule has 2 aromatic carbocycles. The molecule has 0 N–H and O–H groups in total. The van der Waals surface area contributed by atoms with Crippen LogP contribution in [0, 0.1) is 0 Å². The molecular weight excluding hydrogens is 294 g/mol. The van der Waals surface area contributed by atoms with Crippen molar-refractivity contribution >= 4 is 16.9 Å². The highest BCUT2D eigenvalue weighted by Gasteiger charge is 2.21. The van der Waals surface area contributed by atoms with E-state index >= 15 is 0 Å². The van der Waals surface area contributed by atoms with Crippen molar-refractivity contribution in [1.82, 2.24) is 4.98 Å². The molecule has 2 heterocycles. The molecule has 23 heavy (non-hydrogen) atoms. The van der Waals surface area contributed by atoms with E-state index in [4.69, 9.17) is 14.2 Å². The fraction of sp³-hybridized carbons (Fsp3) is 0.111.